The lowest BCUT2D eigenvalue weighted by molar-refractivity contribution is -0.121. The third-order valence-corrected chi connectivity index (χ3v) is 5.29. The van der Waals surface area contributed by atoms with Crippen LogP contribution in [0, 0.1) is 0 Å². The summed E-state index contributed by atoms with van der Waals surface area (Å²) in [5.74, 6) is 0.170. The number of hydrogen-bond acceptors (Lipinski definition) is 5. The van der Waals surface area contributed by atoms with Gasteiger partial charge in [-0.1, -0.05) is 22.0 Å². The zero-order valence-electron chi connectivity index (χ0n) is 13.5. The number of pyridine rings is 1. The molecule has 1 aromatic heterocycles. The third kappa shape index (κ3) is 5.80. The van der Waals surface area contributed by atoms with E-state index in [1.165, 1.54) is 19.2 Å². The van der Waals surface area contributed by atoms with Crippen molar-refractivity contribution in [1.29, 1.82) is 0 Å². The van der Waals surface area contributed by atoms with Gasteiger partial charge in [-0.25, -0.2) is 18.1 Å². The number of hydrogen-bond donors (Lipinski definition) is 2. The molecule has 0 atom stereocenters. The van der Waals surface area contributed by atoms with E-state index < -0.39 is 10.0 Å². The summed E-state index contributed by atoms with van der Waals surface area (Å²) in [6.07, 6.45) is 1.62. The van der Waals surface area contributed by atoms with Gasteiger partial charge in [0.1, 0.15) is 0 Å². The molecule has 2 aromatic rings. The Morgan fingerprint density at radius 3 is 2.64 bits per heavy atom. The molecule has 0 bridgehead atoms. The van der Waals surface area contributed by atoms with Crippen LogP contribution < -0.4 is 14.8 Å². The highest BCUT2D eigenvalue weighted by Crippen LogP contribution is 2.14. The van der Waals surface area contributed by atoms with E-state index in [2.05, 4.69) is 31.0 Å². The van der Waals surface area contributed by atoms with Gasteiger partial charge in [-0.3, -0.25) is 4.79 Å². The first-order valence-corrected chi connectivity index (χ1v) is 9.70. The summed E-state index contributed by atoms with van der Waals surface area (Å²) in [6.45, 7) is 0.268. The van der Waals surface area contributed by atoms with Gasteiger partial charge in [0.25, 0.3) is 0 Å². The minimum atomic E-state index is -3.63. The molecule has 0 aliphatic heterocycles. The minimum Gasteiger partial charge on any atom is -0.481 e. The van der Waals surface area contributed by atoms with Crippen LogP contribution in [0.15, 0.2) is 52.0 Å². The van der Waals surface area contributed by atoms with Gasteiger partial charge in [-0.2, -0.15) is 0 Å². The van der Waals surface area contributed by atoms with Gasteiger partial charge in [-0.15, -0.1) is 0 Å². The Morgan fingerprint density at radius 2 is 1.96 bits per heavy atom. The van der Waals surface area contributed by atoms with Crippen LogP contribution in [0.1, 0.15) is 12.0 Å². The Morgan fingerprint density at radius 1 is 1.24 bits per heavy atom. The summed E-state index contributed by atoms with van der Waals surface area (Å²) in [7, 11) is -2.13. The van der Waals surface area contributed by atoms with Crippen LogP contribution in [0.4, 0.5) is 0 Å². The van der Waals surface area contributed by atoms with Crippen LogP contribution in [0.2, 0.25) is 0 Å². The van der Waals surface area contributed by atoms with Gasteiger partial charge < -0.3 is 10.1 Å². The van der Waals surface area contributed by atoms with Crippen LogP contribution in [0.3, 0.4) is 0 Å². The Bertz CT molecular complexity index is 826. The Labute approximate surface area is 155 Å². The van der Waals surface area contributed by atoms with E-state index in [0.717, 1.165) is 10.0 Å². The monoisotopic (exact) mass is 427 g/mol. The predicted molar refractivity (Wildman–Crippen MR) is 96.6 cm³/mol. The predicted octanol–water partition coefficient (Wildman–Crippen LogP) is 1.84. The largest absolute Gasteiger partial charge is 0.481 e. The average Bonchev–Trinajstić information content (AvgIpc) is 2.60. The van der Waals surface area contributed by atoms with Crippen molar-refractivity contribution in [3.05, 3.63) is 52.6 Å². The fourth-order valence-electron chi connectivity index (χ4n) is 2.02. The van der Waals surface area contributed by atoms with E-state index in [-0.39, 0.29) is 30.3 Å². The molecule has 0 saturated carbocycles. The van der Waals surface area contributed by atoms with E-state index in [1.807, 2.05) is 0 Å². The normalized spacial score (nSPS) is 11.1. The fraction of sp³-hybridized carbons (Fsp3) is 0.250. The molecule has 0 unspecified atom stereocenters. The van der Waals surface area contributed by atoms with E-state index >= 15 is 0 Å². The van der Waals surface area contributed by atoms with Crippen molar-refractivity contribution < 1.29 is 17.9 Å². The van der Waals surface area contributed by atoms with Crippen molar-refractivity contribution in [2.45, 2.75) is 17.9 Å². The quantitative estimate of drug-likeness (QED) is 0.669. The molecule has 9 heteroatoms. The number of nitrogens with one attached hydrogen (secondary N) is 2. The highest BCUT2D eigenvalue weighted by atomic mass is 79.9. The topological polar surface area (TPSA) is 97.4 Å². The second-order valence-electron chi connectivity index (χ2n) is 5.05. The Hall–Kier alpha value is -1.97. The average molecular weight is 428 g/mol. The first-order chi connectivity index (χ1) is 11.9. The number of amides is 1. The zero-order valence-corrected chi connectivity index (χ0v) is 15.9. The number of rotatable bonds is 8. The lowest BCUT2D eigenvalue weighted by Gasteiger charge is -2.09. The fourth-order valence-corrected chi connectivity index (χ4v) is 3.32. The third-order valence-electron chi connectivity index (χ3n) is 3.29. The standard InChI is InChI=1S/C16H18BrN3O4S/c1-24-16-12(3-2-9-18-16)11-19-15(21)8-10-20-25(22,23)14-6-4-13(17)5-7-14/h2-7,9,20H,8,10-11H2,1H3,(H,19,21). The number of carbonyl (C=O) groups is 1. The minimum absolute atomic E-state index is 0.00834. The van der Waals surface area contributed by atoms with Gasteiger partial charge in [0.2, 0.25) is 21.8 Å². The van der Waals surface area contributed by atoms with Gasteiger partial charge in [0, 0.05) is 35.7 Å². The molecule has 0 saturated heterocycles. The van der Waals surface area contributed by atoms with E-state index in [0.29, 0.717) is 5.88 Å². The van der Waals surface area contributed by atoms with Crippen molar-refractivity contribution in [2.75, 3.05) is 13.7 Å². The Kier molecular flexibility index (Phi) is 6.91. The smallest absolute Gasteiger partial charge is 0.240 e. The van der Waals surface area contributed by atoms with Crippen LogP contribution in [-0.2, 0) is 21.4 Å². The number of methoxy groups -OCH3 is 1. The molecule has 0 spiro atoms. The van der Waals surface area contributed by atoms with Crippen molar-refractivity contribution in [1.82, 2.24) is 15.0 Å². The SMILES string of the molecule is COc1ncccc1CNC(=O)CCNS(=O)(=O)c1ccc(Br)cc1. The summed E-state index contributed by atoms with van der Waals surface area (Å²) in [5.41, 5.74) is 0.744. The van der Waals surface area contributed by atoms with Gasteiger partial charge in [0.05, 0.1) is 12.0 Å². The first-order valence-electron chi connectivity index (χ1n) is 7.42. The molecule has 1 aromatic carbocycles. The Balaban J connectivity index is 1.81. The molecular weight excluding hydrogens is 410 g/mol. The van der Waals surface area contributed by atoms with Gasteiger partial charge >= 0.3 is 0 Å². The van der Waals surface area contributed by atoms with Gasteiger partial charge in [-0.05, 0) is 30.3 Å². The molecule has 7 nitrogen and oxygen atoms in total. The molecular formula is C16H18BrN3O4S. The number of aromatic nitrogens is 1. The molecule has 0 radical (unpaired) electrons. The summed E-state index contributed by atoms with van der Waals surface area (Å²) in [4.78, 5) is 16.1. The van der Waals surface area contributed by atoms with Crippen molar-refractivity contribution in [2.24, 2.45) is 0 Å². The number of ether oxygens (including phenoxy) is 1. The first kappa shape index (κ1) is 19.4. The summed E-state index contributed by atoms with van der Waals surface area (Å²) in [6, 6.07) is 9.80. The van der Waals surface area contributed by atoms with Crippen LogP contribution >= 0.6 is 15.9 Å². The molecule has 25 heavy (non-hydrogen) atoms. The number of carbonyl (C=O) groups excluding carboxylic acids is 1. The highest BCUT2D eigenvalue weighted by molar-refractivity contribution is 9.10. The summed E-state index contributed by atoms with van der Waals surface area (Å²) < 4.78 is 32.5. The molecule has 1 amide bonds. The number of sulfonamides is 1. The molecule has 1 heterocycles. The van der Waals surface area contributed by atoms with Crippen molar-refractivity contribution in [3.63, 3.8) is 0 Å². The molecule has 2 N–H and O–H groups in total. The van der Waals surface area contributed by atoms with Crippen LogP contribution in [0.5, 0.6) is 5.88 Å². The molecule has 0 fully saturated rings. The number of nitrogens with zero attached hydrogens (tertiary/aromatic N) is 1. The lowest BCUT2D eigenvalue weighted by Crippen LogP contribution is -2.30. The maximum Gasteiger partial charge on any atom is 0.240 e. The highest BCUT2D eigenvalue weighted by Gasteiger charge is 2.14. The van der Waals surface area contributed by atoms with Crippen LogP contribution in [0.25, 0.3) is 0 Å². The van der Waals surface area contributed by atoms with E-state index in [1.54, 1.807) is 30.5 Å². The maximum atomic E-state index is 12.1. The zero-order chi connectivity index (χ0) is 18.3. The molecule has 0 aliphatic carbocycles. The van der Waals surface area contributed by atoms with E-state index in [4.69, 9.17) is 4.74 Å². The molecule has 0 aliphatic rings. The summed E-state index contributed by atoms with van der Waals surface area (Å²) in [5, 5.41) is 2.71. The number of halogens is 1. The molecule has 2 rings (SSSR count). The number of benzene rings is 1. The maximum absolute atomic E-state index is 12.1. The van der Waals surface area contributed by atoms with Crippen molar-refractivity contribution >= 4 is 31.9 Å². The van der Waals surface area contributed by atoms with Crippen molar-refractivity contribution in [3.8, 4) is 5.88 Å². The second kappa shape index (κ2) is 8.93. The summed E-state index contributed by atoms with van der Waals surface area (Å²) >= 11 is 3.25. The van der Waals surface area contributed by atoms with E-state index in [9.17, 15) is 13.2 Å². The second-order valence-corrected chi connectivity index (χ2v) is 7.73. The molecule has 134 valence electrons. The lowest BCUT2D eigenvalue weighted by atomic mass is 10.2. The van der Waals surface area contributed by atoms with Gasteiger partial charge in [0.15, 0.2) is 0 Å². The van der Waals surface area contributed by atoms with Crippen LogP contribution in [-0.4, -0.2) is 33.0 Å².